The summed E-state index contributed by atoms with van der Waals surface area (Å²) in [6.45, 7) is 10.3. The third-order valence-corrected chi connectivity index (χ3v) is 5.36. The van der Waals surface area contributed by atoms with Crippen molar-refractivity contribution in [1.82, 2.24) is 5.32 Å². The van der Waals surface area contributed by atoms with Crippen LogP contribution >= 0.6 is 0 Å². The molecule has 0 radical (unpaired) electrons. The summed E-state index contributed by atoms with van der Waals surface area (Å²) in [5.74, 6) is 2.67. The topological polar surface area (TPSA) is 12.0 Å². The third kappa shape index (κ3) is 4.85. The van der Waals surface area contributed by atoms with Gasteiger partial charge in [0.2, 0.25) is 0 Å². The molecule has 0 bridgehead atoms. The van der Waals surface area contributed by atoms with E-state index in [0.717, 1.165) is 17.8 Å². The highest BCUT2D eigenvalue weighted by Gasteiger charge is 2.29. The van der Waals surface area contributed by atoms with Crippen molar-refractivity contribution in [2.45, 2.75) is 65.8 Å². The number of rotatable bonds is 6. The molecule has 0 aromatic heterocycles. The van der Waals surface area contributed by atoms with Crippen LogP contribution in [0.2, 0.25) is 0 Å². The van der Waals surface area contributed by atoms with Crippen LogP contribution in [0.1, 0.15) is 57.6 Å². The Morgan fingerprint density at radius 3 is 2.57 bits per heavy atom. The van der Waals surface area contributed by atoms with Crippen molar-refractivity contribution >= 4 is 0 Å². The van der Waals surface area contributed by atoms with E-state index in [9.17, 15) is 0 Å². The standard InChI is InChI=1S/C20H33N/c1-5-17-10-11-19(14-21-15(2)3)20(12-17)13-18-9-7-6-8-16(18)4/h6-9,15,17,19-21H,5,10-14H2,1-4H3. The van der Waals surface area contributed by atoms with Gasteiger partial charge in [0.1, 0.15) is 0 Å². The lowest BCUT2D eigenvalue weighted by Gasteiger charge is -2.37. The van der Waals surface area contributed by atoms with Gasteiger partial charge in [-0.15, -0.1) is 0 Å². The molecule has 3 unspecified atom stereocenters. The molecule has 0 spiro atoms. The van der Waals surface area contributed by atoms with E-state index >= 15 is 0 Å². The van der Waals surface area contributed by atoms with Crippen LogP contribution in [-0.2, 0) is 6.42 Å². The highest BCUT2D eigenvalue weighted by molar-refractivity contribution is 5.26. The van der Waals surface area contributed by atoms with Crippen LogP contribution in [0.4, 0.5) is 0 Å². The van der Waals surface area contributed by atoms with Gasteiger partial charge in [-0.3, -0.25) is 0 Å². The first-order valence-electron chi connectivity index (χ1n) is 8.88. The number of benzene rings is 1. The summed E-state index contributed by atoms with van der Waals surface area (Å²) in [6, 6.07) is 9.55. The van der Waals surface area contributed by atoms with Crippen molar-refractivity contribution < 1.29 is 0 Å². The predicted molar refractivity (Wildman–Crippen MR) is 92.6 cm³/mol. The average Bonchev–Trinajstić information content (AvgIpc) is 2.48. The fraction of sp³-hybridized carbons (Fsp3) is 0.700. The molecule has 1 heteroatoms. The quantitative estimate of drug-likeness (QED) is 0.778. The summed E-state index contributed by atoms with van der Waals surface area (Å²) in [5.41, 5.74) is 3.03. The molecular weight excluding hydrogens is 254 g/mol. The van der Waals surface area contributed by atoms with E-state index in [4.69, 9.17) is 0 Å². The molecule has 1 fully saturated rings. The van der Waals surface area contributed by atoms with Crippen molar-refractivity contribution in [3.8, 4) is 0 Å². The van der Waals surface area contributed by atoms with Gasteiger partial charge < -0.3 is 5.32 Å². The summed E-state index contributed by atoms with van der Waals surface area (Å²) >= 11 is 0. The molecular formula is C20H33N. The van der Waals surface area contributed by atoms with Crippen LogP contribution in [-0.4, -0.2) is 12.6 Å². The molecule has 0 saturated heterocycles. The highest BCUT2D eigenvalue weighted by atomic mass is 14.9. The smallest absolute Gasteiger partial charge is 0.00104 e. The van der Waals surface area contributed by atoms with Crippen LogP contribution in [0, 0.1) is 24.7 Å². The fourth-order valence-electron chi connectivity index (χ4n) is 3.82. The van der Waals surface area contributed by atoms with E-state index in [-0.39, 0.29) is 0 Å². The van der Waals surface area contributed by atoms with Crippen molar-refractivity contribution in [3.05, 3.63) is 35.4 Å². The monoisotopic (exact) mass is 287 g/mol. The van der Waals surface area contributed by atoms with Gasteiger partial charge in [0.05, 0.1) is 0 Å². The Labute approximate surface area is 131 Å². The molecule has 3 atom stereocenters. The molecule has 1 aliphatic carbocycles. The van der Waals surface area contributed by atoms with Gasteiger partial charge in [0.15, 0.2) is 0 Å². The Morgan fingerprint density at radius 1 is 1.14 bits per heavy atom. The van der Waals surface area contributed by atoms with Gasteiger partial charge in [0.25, 0.3) is 0 Å². The number of hydrogen-bond donors (Lipinski definition) is 1. The Kier molecular flexibility index (Phi) is 6.29. The summed E-state index contributed by atoms with van der Waals surface area (Å²) in [7, 11) is 0. The van der Waals surface area contributed by atoms with Crippen molar-refractivity contribution in [3.63, 3.8) is 0 Å². The zero-order chi connectivity index (χ0) is 15.2. The Balaban J connectivity index is 2.04. The zero-order valence-electron chi connectivity index (χ0n) is 14.4. The number of hydrogen-bond acceptors (Lipinski definition) is 1. The van der Waals surface area contributed by atoms with Gasteiger partial charge in [0, 0.05) is 6.04 Å². The molecule has 1 nitrogen and oxygen atoms in total. The van der Waals surface area contributed by atoms with Crippen molar-refractivity contribution in [2.24, 2.45) is 17.8 Å². The van der Waals surface area contributed by atoms with Gasteiger partial charge in [-0.05, 0) is 61.6 Å². The third-order valence-electron chi connectivity index (χ3n) is 5.36. The Bertz CT molecular complexity index is 424. The van der Waals surface area contributed by atoms with Crippen LogP contribution < -0.4 is 5.32 Å². The predicted octanol–water partition coefficient (Wildman–Crippen LogP) is 4.98. The van der Waals surface area contributed by atoms with Gasteiger partial charge in [-0.1, -0.05) is 57.9 Å². The van der Waals surface area contributed by atoms with E-state index in [2.05, 4.69) is 57.3 Å². The van der Waals surface area contributed by atoms with E-state index in [0.29, 0.717) is 6.04 Å². The molecule has 0 aliphatic heterocycles. The second-order valence-electron chi connectivity index (χ2n) is 7.30. The van der Waals surface area contributed by atoms with Crippen LogP contribution in [0.5, 0.6) is 0 Å². The maximum atomic E-state index is 3.68. The largest absolute Gasteiger partial charge is 0.314 e. The molecule has 1 N–H and O–H groups in total. The first-order chi connectivity index (χ1) is 10.1. The molecule has 1 aromatic carbocycles. The van der Waals surface area contributed by atoms with Gasteiger partial charge >= 0.3 is 0 Å². The Morgan fingerprint density at radius 2 is 1.90 bits per heavy atom. The lowest BCUT2D eigenvalue weighted by atomic mass is 9.70. The fourth-order valence-corrected chi connectivity index (χ4v) is 3.82. The van der Waals surface area contributed by atoms with Crippen molar-refractivity contribution in [1.29, 1.82) is 0 Å². The van der Waals surface area contributed by atoms with Crippen LogP contribution in [0.15, 0.2) is 24.3 Å². The normalized spacial score (nSPS) is 26.2. The lowest BCUT2D eigenvalue weighted by molar-refractivity contribution is 0.169. The second kappa shape index (κ2) is 7.98. The molecule has 0 heterocycles. The molecule has 21 heavy (non-hydrogen) atoms. The molecule has 0 amide bonds. The van der Waals surface area contributed by atoms with Crippen LogP contribution in [0.25, 0.3) is 0 Å². The average molecular weight is 287 g/mol. The second-order valence-corrected chi connectivity index (χ2v) is 7.30. The zero-order valence-corrected chi connectivity index (χ0v) is 14.4. The first-order valence-corrected chi connectivity index (χ1v) is 8.88. The first kappa shape index (κ1) is 16.5. The molecule has 118 valence electrons. The summed E-state index contributed by atoms with van der Waals surface area (Å²) in [6.07, 6.45) is 6.90. The number of nitrogens with one attached hydrogen (secondary N) is 1. The summed E-state index contributed by atoms with van der Waals surface area (Å²) in [4.78, 5) is 0. The summed E-state index contributed by atoms with van der Waals surface area (Å²) < 4.78 is 0. The minimum absolute atomic E-state index is 0.605. The summed E-state index contributed by atoms with van der Waals surface area (Å²) in [5, 5.41) is 3.68. The lowest BCUT2D eigenvalue weighted by Crippen LogP contribution is -2.36. The molecule has 1 aromatic rings. The van der Waals surface area contributed by atoms with E-state index in [1.165, 1.54) is 44.2 Å². The highest BCUT2D eigenvalue weighted by Crippen LogP contribution is 2.37. The van der Waals surface area contributed by atoms with E-state index in [1.807, 2.05) is 0 Å². The maximum Gasteiger partial charge on any atom is 0.00104 e. The minimum Gasteiger partial charge on any atom is -0.314 e. The van der Waals surface area contributed by atoms with E-state index < -0.39 is 0 Å². The van der Waals surface area contributed by atoms with Crippen molar-refractivity contribution in [2.75, 3.05) is 6.54 Å². The molecule has 1 saturated carbocycles. The van der Waals surface area contributed by atoms with E-state index in [1.54, 1.807) is 5.56 Å². The SMILES string of the molecule is CCC1CCC(CNC(C)C)C(Cc2ccccc2C)C1. The number of aryl methyl sites for hydroxylation is 1. The van der Waals surface area contributed by atoms with Gasteiger partial charge in [-0.25, -0.2) is 0 Å². The molecule has 2 rings (SSSR count). The maximum absolute atomic E-state index is 3.68. The Hall–Kier alpha value is -0.820. The minimum atomic E-state index is 0.605. The molecule has 1 aliphatic rings. The van der Waals surface area contributed by atoms with Gasteiger partial charge in [-0.2, -0.15) is 0 Å². The van der Waals surface area contributed by atoms with Crippen LogP contribution in [0.3, 0.4) is 0 Å².